The highest BCUT2D eigenvalue weighted by Crippen LogP contribution is 2.45. The van der Waals surface area contributed by atoms with E-state index >= 15 is 0 Å². The number of hydrogen-bond acceptors (Lipinski definition) is 6. The maximum Gasteiger partial charge on any atom is 0.309 e. The smallest absolute Gasteiger partial charge is 0.309 e. The van der Waals surface area contributed by atoms with Gasteiger partial charge in [-0.25, -0.2) is 22.6 Å². The molecule has 11 heteroatoms. The topological polar surface area (TPSA) is 68.2 Å². The molecule has 0 fully saturated rings. The lowest BCUT2D eigenvalue weighted by atomic mass is 10.1. The van der Waals surface area contributed by atoms with Crippen LogP contribution in [0.2, 0.25) is 0 Å². The van der Waals surface area contributed by atoms with E-state index in [2.05, 4.69) is 9.84 Å². The van der Waals surface area contributed by atoms with E-state index in [1.807, 2.05) is 0 Å². The zero-order valence-corrected chi connectivity index (χ0v) is 22.8. The third kappa shape index (κ3) is 6.31. The van der Waals surface area contributed by atoms with Crippen LogP contribution in [-0.4, -0.2) is 29.0 Å². The molecule has 0 N–H and O–H groups in total. The minimum Gasteiger partial charge on any atom is -0.489 e. The van der Waals surface area contributed by atoms with Gasteiger partial charge in [-0.05, 0) is 41.5 Å². The summed E-state index contributed by atoms with van der Waals surface area (Å²) in [7, 11) is 1.32. The summed E-state index contributed by atoms with van der Waals surface area (Å²) in [5, 5.41) is 4.62. The molecule has 0 spiro atoms. The number of carbonyl (C=O) groups is 2. The van der Waals surface area contributed by atoms with E-state index in [0.29, 0.717) is 34.1 Å². The third-order valence-electron chi connectivity index (χ3n) is 6.34. The molecule has 0 aliphatic carbocycles. The molecule has 4 aromatic rings. The largest absolute Gasteiger partial charge is 0.489 e. The highest BCUT2D eigenvalue weighted by atomic mass is 32.2. The second-order valence-corrected chi connectivity index (χ2v) is 10.2. The van der Waals surface area contributed by atoms with E-state index in [1.165, 1.54) is 31.4 Å². The minimum absolute atomic E-state index is 0.133. The van der Waals surface area contributed by atoms with E-state index in [4.69, 9.17) is 4.74 Å². The van der Waals surface area contributed by atoms with Crippen LogP contribution in [0, 0.1) is 23.3 Å². The Morgan fingerprint density at radius 1 is 0.857 bits per heavy atom. The Balaban J connectivity index is 1.45. The molecule has 1 aliphatic rings. The highest BCUT2D eigenvalue weighted by molar-refractivity contribution is 8.14. The molecule has 0 saturated carbocycles. The molecule has 1 amide bonds. The van der Waals surface area contributed by atoms with Crippen molar-refractivity contribution in [1.29, 1.82) is 0 Å². The van der Waals surface area contributed by atoms with Gasteiger partial charge < -0.3 is 9.47 Å². The minimum atomic E-state index is -1.37. The summed E-state index contributed by atoms with van der Waals surface area (Å²) >= 11 is 1.10. The van der Waals surface area contributed by atoms with E-state index in [-0.39, 0.29) is 19.0 Å². The van der Waals surface area contributed by atoms with Crippen LogP contribution < -0.4 is 4.74 Å². The SMILES string of the molecule is COC(=O)Cc1ccc(COc2ccccc2C2SC(c3ccc(F)cc3)=NN2C(=O)c2c(F)cc(F)cc2F)cc1. The maximum atomic E-state index is 14.6. The van der Waals surface area contributed by atoms with Crippen LogP contribution in [0.5, 0.6) is 5.75 Å². The summed E-state index contributed by atoms with van der Waals surface area (Å²) in [6.07, 6.45) is 0.134. The summed E-state index contributed by atoms with van der Waals surface area (Å²) in [6.45, 7) is 0.133. The van der Waals surface area contributed by atoms with Crippen molar-refractivity contribution in [2.75, 3.05) is 7.11 Å². The van der Waals surface area contributed by atoms with Gasteiger partial charge in [0.05, 0.1) is 13.5 Å². The van der Waals surface area contributed by atoms with Gasteiger partial charge in [-0.15, -0.1) is 0 Å². The number of para-hydroxylation sites is 1. The van der Waals surface area contributed by atoms with E-state index < -0.39 is 40.1 Å². The first-order valence-corrected chi connectivity index (χ1v) is 13.5. The molecule has 0 radical (unpaired) electrons. The molecule has 1 aliphatic heterocycles. The van der Waals surface area contributed by atoms with Gasteiger partial charge in [0.25, 0.3) is 5.91 Å². The van der Waals surface area contributed by atoms with Gasteiger partial charge in [0.2, 0.25) is 0 Å². The highest BCUT2D eigenvalue weighted by Gasteiger charge is 2.38. The molecule has 42 heavy (non-hydrogen) atoms. The Hall–Kier alpha value is -4.64. The molecular weight excluding hydrogens is 572 g/mol. The van der Waals surface area contributed by atoms with Crippen LogP contribution in [0.15, 0.2) is 90.0 Å². The van der Waals surface area contributed by atoms with Crippen LogP contribution in [-0.2, 0) is 22.6 Å². The molecule has 0 aromatic heterocycles. The van der Waals surface area contributed by atoms with Crippen molar-refractivity contribution >= 4 is 28.7 Å². The lowest BCUT2D eigenvalue weighted by molar-refractivity contribution is -0.139. The number of halogens is 4. The standard InChI is InChI=1S/C31H22F4N2O4S/c1-40-27(38)14-18-6-8-19(9-7-18)17-41-26-5-3-2-4-23(26)31-37(30(39)28-24(34)15-22(33)16-25(28)35)36-29(42-31)20-10-12-21(32)13-11-20/h2-13,15-16,31H,14,17H2,1H3. The molecule has 0 bridgehead atoms. The summed E-state index contributed by atoms with van der Waals surface area (Å²) in [4.78, 5) is 25.0. The van der Waals surface area contributed by atoms with Crippen LogP contribution in [0.1, 0.15) is 38.0 Å². The Labute approximate surface area is 242 Å². The molecule has 4 aromatic carbocycles. The molecular formula is C31H22F4N2O4S. The van der Waals surface area contributed by atoms with Gasteiger partial charge in [0, 0.05) is 23.3 Å². The summed E-state index contributed by atoms with van der Waals surface area (Å²) in [6, 6.07) is 20.2. The Kier molecular flexibility index (Phi) is 8.58. The molecule has 1 atom stereocenters. The van der Waals surface area contributed by atoms with Crippen LogP contribution in [0.3, 0.4) is 0 Å². The number of thioether (sulfide) groups is 1. The van der Waals surface area contributed by atoms with E-state index in [1.54, 1.807) is 48.5 Å². The first-order chi connectivity index (χ1) is 20.2. The number of benzene rings is 4. The number of esters is 1. The quantitative estimate of drug-likeness (QED) is 0.166. The monoisotopic (exact) mass is 594 g/mol. The molecule has 0 saturated heterocycles. The average Bonchev–Trinajstić information content (AvgIpc) is 3.42. The van der Waals surface area contributed by atoms with Crippen molar-refractivity contribution in [1.82, 2.24) is 5.01 Å². The lowest BCUT2D eigenvalue weighted by Gasteiger charge is -2.23. The lowest BCUT2D eigenvalue weighted by Crippen LogP contribution is -2.28. The molecule has 1 heterocycles. The number of methoxy groups -OCH3 is 1. The average molecular weight is 595 g/mol. The van der Waals surface area contributed by atoms with Crippen molar-refractivity contribution in [3.05, 3.63) is 136 Å². The number of nitrogens with zero attached hydrogens (tertiary/aromatic N) is 2. The molecule has 1 unspecified atom stereocenters. The van der Waals surface area contributed by atoms with E-state index in [9.17, 15) is 27.2 Å². The summed E-state index contributed by atoms with van der Waals surface area (Å²) in [5.41, 5.74) is 1.56. The van der Waals surface area contributed by atoms with Gasteiger partial charge >= 0.3 is 5.97 Å². The first-order valence-electron chi connectivity index (χ1n) is 12.6. The number of hydrogen-bond donors (Lipinski definition) is 0. The number of carbonyl (C=O) groups excluding carboxylic acids is 2. The van der Waals surface area contributed by atoms with Gasteiger partial charge in [-0.3, -0.25) is 9.59 Å². The number of ether oxygens (including phenoxy) is 2. The summed E-state index contributed by atoms with van der Waals surface area (Å²) < 4.78 is 67.2. The van der Waals surface area contributed by atoms with Crippen molar-refractivity contribution in [3.8, 4) is 5.75 Å². The zero-order chi connectivity index (χ0) is 29.8. The van der Waals surface area contributed by atoms with E-state index in [0.717, 1.165) is 27.9 Å². The Morgan fingerprint density at radius 2 is 1.50 bits per heavy atom. The van der Waals surface area contributed by atoms with Crippen LogP contribution in [0.25, 0.3) is 0 Å². The number of hydrazone groups is 1. The third-order valence-corrected chi connectivity index (χ3v) is 7.56. The molecule has 214 valence electrons. The van der Waals surface area contributed by atoms with Crippen molar-refractivity contribution in [2.45, 2.75) is 18.4 Å². The Bertz CT molecular complexity index is 1640. The Morgan fingerprint density at radius 3 is 2.17 bits per heavy atom. The first kappa shape index (κ1) is 28.9. The maximum absolute atomic E-state index is 14.6. The zero-order valence-electron chi connectivity index (χ0n) is 22.0. The fourth-order valence-electron chi connectivity index (χ4n) is 4.23. The number of amides is 1. The predicted molar refractivity (Wildman–Crippen MR) is 149 cm³/mol. The van der Waals surface area contributed by atoms with Gasteiger partial charge in [-0.2, -0.15) is 5.10 Å². The fourth-order valence-corrected chi connectivity index (χ4v) is 5.41. The van der Waals surface area contributed by atoms with Crippen molar-refractivity contribution in [3.63, 3.8) is 0 Å². The normalized spacial score (nSPS) is 14.5. The van der Waals surface area contributed by atoms with Crippen molar-refractivity contribution < 1.29 is 36.6 Å². The fraction of sp³-hybridized carbons (Fsp3) is 0.129. The van der Waals surface area contributed by atoms with Gasteiger partial charge in [-0.1, -0.05) is 54.2 Å². The van der Waals surface area contributed by atoms with Gasteiger partial charge in [0.1, 0.15) is 51.6 Å². The summed E-state index contributed by atoms with van der Waals surface area (Å²) in [5.74, 6) is -5.49. The molecule has 5 rings (SSSR count). The van der Waals surface area contributed by atoms with Gasteiger partial charge in [0.15, 0.2) is 0 Å². The second-order valence-electron chi connectivity index (χ2n) is 9.17. The number of rotatable bonds is 8. The van der Waals surface area contributed by atoms with Crippen LogP contribution >= 0.6 is 11.8 Å². The van der Waals surface area contributed by atoms with Crippen LogP contribution in [0.4, 0.5) is 17.6 Å². The molecule has 6 nitrogen and oxygen atoms in total. The van der Waals surface area contributed by atoms with Crippen molar-refractivity contribution in [2.24, 2.45) is 5.10 Å². The predicted octanol–water partition coefficient (Wildman–Crippen LogP) is 6.79. The second kappa shape index (κ2) is 12.5.